The highest BCUT2D eigenvalue weighted by Gasteiger charge is 2.35. The van der Waals surface area contributed by atoms with E-state index in [1.807, 2.05) is 6.07 Å². The minimum absolute atomic E-state index is 0.113. The lowest BCUT2D eigenvalue weighted by molar-refractivity contribution is 0.322. The van der Waals surface area contributed by atoms with Gasteiger partial charge in [0.25, 0.3) is 0 Å². The molecule has 0 aliphatic heterocycles. The molecule has 0 radical (unpaired) electrons. The summed E-state index contributed by atoms with van der Waals surface area (Å²) in [5.74, 6) is 2.17. The van der Waals surface area contributed by atoms with E-state index >= 15 is 0 Å². The predicted molar refractivity (Wildman–Crippen MR) is 98.9 cm³/mol. The number of fused-ring (bicyclic) bond motifs is 3. The lowest BCUT2D eigenvalue weighted by atomic mass is 9.88. The van der Waals surface area contributed by atoms with Gasteiger partial charge in [0.05, 0.1) is 21.3 Å². The lowest BCUT2D eigenvalue weighted by Gasteiger charge is -2.20. The van der Waals surface area contributed by atoms with Crippen molar-refractivity contribution in [2.24, 2.45) is 0 Å². The Labute approximate surface area is 147 Å². The molecule has 0 N–H and O–H groups in total. The minimum Gasteiger partial charge on any atom is -0.493 e. The average molecular weight is 332 g/mol. The summed E-state index contributed by atoms with van der Waals surface area (Å²) in [6.07, 6.45) is 0. The van der Waals surface area contributed by atoms with E-state index in [9.17, 15) is 0 Å². The van der Waals surface area contributed by atoms with Crippen molar-refractivity contribution in [3.8, 4) is 28.4 Å². The van der Waals surface area contributed by atoms with Crippen molar-refractivity contribution in [2.45, 2.75) is 5.92 Å². The van der Waals surface area contributed by atoms with Crippen LogP contribution in [0.15, 0.2) is 60.7 Å². The van der Waals surface area contributed by atoms with E-state index in [2.05, 4.69) is 54.6 Å². The second-order valence-electron chi connectivity index (χ2n) is 6.04. The van der Waals surface area contributed by atoms with Gasteiger partial charge in [-0.1, -0.05) is 54.6 Å². The Kier molecular flexibility index (Phi) is 3.85. The number of benzene rings is 3. The second kappa shape index (κ2) is 6.17. The highest BCUT2D eigenvalue weighted by Crippen LogP contribution is 2.56. The largest absolute Gasteiger partial charge is 0.493 e. The lowest BCUT2D eigenvalue weighted by Crippen LogP contribution is -2.04. The van der Waals surface area contributed by atoms with Crippen LogP contribution >= 0.6 is 0 Å². The molecule has 3 heteroatoms. The van der Waals surface area contributed by atoms with Gasteiger partial charge in [0.2, 0.25) is 5.75 Å². The first kappa shape index (κ1) is 15.6. The maximum Gasteiger partial charge on any atom is 0.203 e. The second-order valence-corrected chi connectivity index (χ2v) is 6.04. The van der Waals surface area contributed by atoms with Gasteiger partial charge in [-0.05, 0) is 28.3 Å². The normalized spacial score (nSPS) is 14.6. The standard InChI is InChI=1S/C22H20O3/c1-23-18-13-17-15-11-7-8-12-16(15)19(14-9-5-4-6-10-14)20(17)22(25-3)21(18)24-2/h4-13,19H,1-3H3. The van der Waals surface area contributed by atoms with Crippen molar-refractivity contribution >= 4 is 0 Å². The van der Waals surface area contributed by atoms with Crippen LogP contribution in [0.25, 0.3) is 11.1 Å². The first-order chi connectivity index (χ1) is 12.3. The van der Waals surface area contributed by atoms with E-state index in [-0.39, 0.29) is 5.92 Å². The third kappa shape index (κ3) is 2.27. The summed E-state index contributed by atoms with van der Waals surface area (Å²) in [4.78, 5) is 0. The zero-order chi connectivity index (χ0) is 17.4. The molecular formula is C22H20O3. The SMILES string of the molecule is COc1cc2c(c(OC)c1OC)C(c1ccccc1)c1ccccc1-2. The zero-order valence-electron chi connectivity index (χ0n) is 14.6. The maximum atomic E-state index is 5.80. The van der Waals surface area contributed by atoms with Crippen molar-refractivity contribution in [2.75, 3.05) is 21.3 Å². The fourth-order valence-electron chi connectivity index (χ4n) is 3.83. The van der Waals surface area contributed by atoms with E-state index in [4.69, 9.17) is 14.2 Å². The van der Waals surface area contributed by atoms with Crippen LogP contribution in [-0.4, -0.2) is 21.3 Å². The van der Waals surface area contributed by atoms with Gasteiger partial charge in [-0.2, -0.15) is 0 Å². The molecule has 0 saturated carbocycles. The molecule has 1 atom stereocenters. The molecule has 4 rings (SSSR count). The molecule has 0 bridgehead atoms. The van der Waals surface area contributed by atoms with Crippen LogP contribution < -0.4 is 14.2 Å². The van der Waals surface area contributed by atoms with Crippen molar-refractivity contribution in [3.63, 3.8) is 0 Å². The predicted octanol–water partition coefficient (Wildman–Crippen LogP) is 4.87. The molecule has 0 saturated heterocycles. The Morgan fingerprint density at radius 1 is 0.680 bits per heavy atom. The van der Waals surface area contributed by atoms with Gasteiger partial charge in [0.15, 0.2) is 11.5 Å². The van der Waals surface area contributed by atoms with Gasteiger partial charge in [-0.3, -0.25) is 0 Å². The molecule has 25 heavy (non-hydrogen) atoms. The molecule has 0 spiro atoms. The van der Waals surface area contributed by atoms with Crippen LogP contribution in [0.1, 0.15) is 22.6 Å². The average Bonchev–Trinajstić information content (AvgIpc) is 3.01. The molecule has 1 aliphatic carbocycles. The van der Waals surface area contributed by atoms with Crippen LogP contribution in [0.3, 0.4) is 0 Å². The number of ether oxygens (including phenoxy) is 3. The Bertz CT molecular complexity index is 916. The molecule has 0 aromatic heterocycles. The Balaban J connectivity index is 2.08. The highest BCUT2D eigenvalue weighted by molar-refractivity contribution is 5.86. The summed E-state index contributed by atoms with van der Waals surface area (Å²) in [7, 11) is 4.98. The van der Waals surface area contributed by atoms with Gasteiger partial charge in [0.1, 0.15) is 0 Å². The third-order valence-corrected chi connectivity index (χ3v) is 4.85. The van der Waals surface area contributed by atoms with E-state index in [0.717, 1.165) is 16.9 Å². The fourth-order valence-corrected chi connectivity index (χ4v) is 3.83. The van der Waals surface area contributed by atoms with Gasteiger partial charge in [-0.15, -0.1) is 0 Å². The monoisotopic (exact) mass is 332 g/mol. The first-order valence-electron chi connectivity index (χ1n) is 8.27. The van der Waals surface area contributed by atoms with E-state index in [0.29, 0.717) is 11.5 Å². The third-order valence-electron chi connectivity index (χ3n) is 4.85. The van der Waals surface area contributed by atoms with Crippen LogP contribution in [0, 0.1) is 0 Å². The summed E-state index contributed by atoms with van der Waals surface area (Å²) in [6, 6.07) is 21.1. The minimum atomic E-state index is 0.113. The molecule has 126 valence electrons. The summed E-state index contributed by atoms with van der Waals surface area (Å²) >= 11 is 0. The molecule has 0 heterocycles. The van der Waals surface area contributed by atoms with Gasteiger partial charge < -0.3 is 14.2 Å². The molecule has 3 aromatic carbocycles. The molecular weight excluding hydrogens is 312 g/mol. The number of hydrogen-bond donors (Lipinski definition) is 0. The Morgan fingerprint density at radius 2 is 1.36 bits per heavy atom. The Hall–Kier alpha value is -2.94. The number of rotatable bonds is 4. The highest BCUT2D eigenvalue weighted by atomic mass is 16.5. The Morgan fingerprint density at radius 3 is 2.04 bits per heavy atom. The van der Waals surface area contributed by atoms with Crippen molar-refractivity contribution in [1.29, 1.82) is 0 Å². The first-order valence-corrected chi connectivity index (χ1v) is 8.27. The molecule has 3 aromatic rings. The quantitative estimate of drug-likeness (QED) is 0.533. The molecule has 0 fully saturated rings. The smallest absolute Gasteiger partial charge is 0.203 e. The van der Waals surface area contributed by atoms with Crippen molar-refractivity contribution in [3.05, 3.63) is 77.4 Å². The van der Waals surface area contributed by atoms with Gasteiger partial charge in [-0.25, -0.2) is 0 Å². The van der Waals surface area contributed by atoms with Crippen molar-refractivity contribution in [1.82, 2.24) is 0 Å². The summed E-state index contributed by atoms with van der Waals surface area (Å²) < 4.78 is 17.0. The van der Waals surface area contributed by atoms with E-state index in [1.54, 1.807) is 21.3 Å². The molecule has 1 aliphatic rings. The van der Waals surface area contributed by atoms with Crippen LogP contribution in [0.2, 0.25) is 0 Å². The van der Waals surface area contributed by atoms with Crippen LogP contribution in [0.4, 0.5) is 0 Å². The van der Waals surface area contributed by atoms with E-state index < -0.39 is 0 Å². The van der Waals surface area contributed by atoms with Crippen LogP contribution in [-0.2, 0) is 0 Å². The molecule has 1 unspecified atom stereocenters. The fraction of sp³-hybridized carbons (Fsp3) is 0.182. The zero-order valence-corrected chi connectivity index (χ0v) is 14.6. The number of methoxy groups -OCH3 is 3. The maximum absolute atomic E-state index is 5.80. The number of hydrogen-bond acceptors (Lipinski definition) is 3. The van der Waals surface area contributed by atoms with E-state index in [1.165, 1.54) is 16.7 Å². The van der Waals surface area contributed by atoms with Gasteiger partial charge >= 0.3 is 0 Å². The molecule has 3 nitrogen and oxygen atoms in total. The molecule has 0 amide bonds. The van der Waals surface area contributed by atoms with Crippen molar-refractivity contribution < 1.29 is 14.2 Å². The summed E-state index contributed by atoms with van der Waals surface area (Å²) in [5, 5.41) is 0. The topological polar surface area (TPSA) is 27.7 Å². The van der Waals surface area contributed by atoms with Crippen LogP contribution in [0.5, 0.6) is 17.2 Å². The van der Waals surface area contributed by atoms with Gasteiger partial charge in [0, 0.05) is 11.5 Å². The summed E-state index contributed by atoms with van der Waals surface area (Å²) in [6.45, 7) is 0. The summed E-state index contributed by atoms with van der Waals surface area (Å²) in [5.41, 5.74) is 5.99.